The van der Waals surface area contributed by atoms with Crippen molar-refractivity contribution in [1.82, 2.24) is 20.6 Å². The highest BCUT2D eigenvalue weighted by atomic mass is 35.5. The number of anilines is 1. The van der Waals surface area contributed by atoms with Crippen LogP contribution in [0, 0.1) is 5.92 Å². The number of pyridine rings is 2. The summed E-state index contributed by atoms with van der Waals surface area (Å²) in [5.74, 6) is -0.108. The summed E-state index contributed by atoms with van der Waals surface area (Å²) in [6.07, 6.45) is 5.02. The Kier molecular flexibility index (Phi) is 6.54. The lowest BCUT2D eigenvalue weighted by Gasteiger charge is -2.35. The molecule has 3 heterocycles. The number of alkyl halides is 1. The molecular formula is C17H22ClN7O2. The summed E-state index contributed by atoms with van der Waals surface area (Å²) in [5, 5.41) is 9.05. The van der Waals surface area contributed by atoms with Gasteiger partial charge in [0.1, 0.15) is 11.4 Å². The van der Waals surface area contributed by atoms with Gasteiger partial charge in [0.15, 0.2) is 5.75 Å². The van der Waals surface area contributed by atoms with Gasteiger partial charge in [-0.2, -0.15) is 0 Å². The van der Waals surface area contributed by atoms with E-state index in [0.717, 1.165) is 0 Å². The van der Waals surface area contributed by atoms with E-state index < -0.39 is 12.1 Å². The summed E-state index contributed by atoms with van der Waals surface area (Å²) in [5.41, 5.74) is 12.1. The van der Waals surface area contributed by atoms with Crippen LogP contribution in [0.3, 0.4) is 0 Å². The lowest BCUT2D eigenvalue weighted by atomic mass is 10.00. The maximum Gasteiger partial charge on any atom is 0.233 e. The molecule has 0 aliphatic carbocycles. The molecule has 0 saturated carbocycles. The predicted molar refractivity (Wildman–Crippen MR) is 102 cm³/mol. The Labute approximate surface area is 161 Å². The molecule has 1 aliphatic rings. The first-order valence-electron chi connectivity index (χ1n) is 8.49. The number of hydrogen-bond donors (Lipinski definition) is 5. The maximum atomic E-state index is 12.9. The van der Waals surface area contributed by atoms with E-state index >= 15 is 0 Å². The molecule has 0 aromatic carbocycles. The Morgan fingerprint density at radius 2 is 1.96 bits per heavy atom. The van der Waals surface area contributed by atoms with Gasteiger partial charge in [0.2, 0.25) is 5.91 Å². The number of halogens is 1. The molecule has 1 saturated heterocycles. The summed E-state index contributed by atoms with van der Waals surface area (Å²) >= 11 is 6.06. The second-order valence-corrected chi connectivity index (χ2v) is 6.76. The minimum atomic E-state index is -0.874. The fourth-order valence-electron chi connectivity index (χ4n) is 2.77. The molecule has 1 fully saturated rings. The van der Waals surface area contributed by atoms with E-state index in [1.165, 1.54) is 6.20 Å². The second-order valence-electron chi connectivity index (χ2n) is 6.15. The number of nitrogens with zero attached hydrogens (tertiary/aromatic N) is 2. The van der Waals surface area contributed by atoms with Crippen LogP contribution in [0.4, 0.5) is 5.69 Å². The molecule has 3 rings (SSSR count). The Morgan fingerprint density at radius 3 is 2.63 bits per heavy atom. The molecule has 1 amide bonds. The molecule has 144 valence electrons. The van der Waals surface area contributed by atoms with E-state index in [-0.39, 0.29) is 17.5 Å². The zero-order valence-electron chi connectivity index (χ0n) is 14.5. The molecule has 10 heteroatoms. The number of aromatic nitrogens is 2. The van der Waals surface area contributed by atoms with Crippen molar-refractivity contribution in [3.8, 4) is 11.5 Å². The van der Waals surface area contributed by atoms with E-state index in [9.17, 15) is 4.79 Å². The topological polar surface area (TPSA) is 140 Å². The Morgan fingerprint density at radius 1 is 1.22 bits per heavy atom. The van der Waals surface area contributed by atoms with Crippen LogP contribution in [-0.4, -0.2) is 46.7 Å². The highest BCUT2D eigenvalue weighted by Gasteiger charge is 2.34. The van der Waals surface area contributed by atoms with Gasteiger partial charge >= 0.3 is 0 Å². The number of rotatable bonds is 6. The number of nitrogens with one attached hydrogen (secondary N) is 3. The maximum absolute atomic E-state index is 12.9. The molecule has 2 aromatic rings. The van der Waals surface area contributed by atoms with Crippen LogP contribution in [0.5, 0.6) is 11.5 Å². The standard InChI is InChI=1S/C17H22ClN7O2/c18-10-6-23-16(24-7-10)14(15(19)20)17(26)25-12-9-22-5-3-13(12)27-11-2-1-4-21-8-11/h1-5,8-10,14-16,23-24H,6-7,19-20H2,(H,25,26). The molecule has 1 aliphatic heterocycles. The highest BCUT2D eigenvalue weighted by molar-refractivity contribution is 6.21. The van der Waals surface area contributed by atoms with Crippen molar-refractivity contribution >= 4 is 23.2 Å². The first-order valence-corrected chi connectivity index (χ1v) is 8.93. The van der Waals surface area contributed by atoms with Crippen LogP contribution in [0.25, 0.3) is 0 Å². The number of ether oxygens (including phenoxy) is 1. The van der Waals surface area contributed by atoms with Gasteiger partial charge in [-0.05, 0) is 12.1 Å². The second kappa shape index (κ2) is 9.07. The molecule has 1 atom stereocenters. The Balaban J connectivity index is 1.74. The third-order valence-corrected chi connectivity index (χ3v) is 4.40. The average molecular weight is 392 g/mol. The lowest BCUT2D eigenvalue weighted by Crippen LogP contribution is -2.64. The molecule has 0 radical (unpaired) electrons. The zero-order valence-corrected chi connectivity index (χ0v) is 15.3. The van der Waals surface area contributed by atoms with Crippen LogP contribution in [0.2, 0.25) is 0 Å². The van der Waals surface area contributed by atoms with Crippen LogP contribution in [0.1, 0.15) is 0 Å². The number of amides is 1. The van der Waals surface area contributed by atoms with Crippen LogP contribution < -0.4 is 32.2 Å². The summed E-state index contributed by atoms with van der Waals surface area (Å²) in [6, 6.07) is 5.16. The highest BCUT2D eigenvalue weighted by Crippen LogP contribution is 2.28. The van der Waals surface area contributed by atoms with E-state index in [0.29, 0.717) is 30.3 Å². The molecule has 9 nitrogen and oxygen atoms in total. The van der Waals surface area contributed by atoms with Gasteiger partial charge in [0.25, 0.3) is 0 Å². The largest absolute Gasteiger partial charge is 0.453 e. The molecule has 27 heavy (non-hydrogen) atoms. The van der Waals surface area contributed by atoms with E-state index in [2.05, 4.69) is 25.9 Å². The van der Waals surface area contributed by atoms with E-state index in [4.69, 9.17) is 27.8 Å². The summed E-state index contributed by atoms with van der Waals surface area (Å²) in [6.45, 7) is 1.11. The Hall–Kier alpha value is -2.30. The molecule has 7 N–H and O–H groups in total. The number of nitrogens with two attached hydrogens (primary N) is 2. The van der Waals surface area contributed by atoms with Crippen molar-refractivity contribution < 1.29 is 9.53 Å². The number of carbonyl (C=O) groups excluding carboxylic acids is 1. The molecule has 1 unspecified atom stereocenters. The average Bonchev–Trinajstić information content (AvgIpc) is 2.66. The van der Waals surface area contributed by atoms with Gasteiger partial charge < -0.3 is 21.5 Å². The first-order chi connectivity index (χ1) is 13.0. The lowest BCUT2D eigenvalue weighted by molar-refractivity contribution is -0.121. The number of carbonyl (C=O) groups is 1. The van der Waals surface area contributed by atoms with Gasteiger partial charge in [-0.25, -0.2) is 0 Å². The zero-order chi connectivity index (χ0) is 19.2. The first kappa shape index (κ1) is 19.5. The van der Waals surface area contributed by atoms with Gasteiger partial charge in [-0.1, -0.05) is 0 Å². The quantitative estimate of drug-likeness (QED) is 0.347. The van der Waals surface area contributed by atoms with Crippen molar-refractivity contribution in [3.05, 3.63) is 43.0 Å². The smallest absolute Gasteiger partial charge is 0.233 e. The van der Waals surface area contributed by atoms with Gasteiger partial charge in [0.05, 0.1) is 36.0 Å². The van der Waals surface area contributed by atoms with Crippen molar-refractivity contribution in [1.29, 1.82) is 0 Å². The van der Waals surface area contributed by atoms with E-state index in [1.807, 2.05) is 0 Å². The fraction of sp³-hybridized carbons (Fsp3) is 0.353. The van der Waals surface area contributed by atoms with E-state index in [1.54, 1.807) is 36.8 Å². The van der Waals surface area contributed by atoms with Crippen molar-refractivity contribution in [2.75, 3.05) is 18.4 Å². The third-order valence-electron chi connectivity index (χ3n) is 4.10. The molecular weight excluding hydrogens is 370 g/mol. The summed E-state index contributed by atoms with van der Waals surface area (Å²) in [7, 11) is 0. The SMILES string of the molecule is NC(N)C(C(=O)Nc1cnccc1Oc1cccnc1)C1NCC(Cl)CN1. The van der Waals surface area contributed by atoms with Gasteiger partial charge in [-0.15, -0.1) is 11.6 Å². The number of hydrogen-bond acceptors (Lipinski definition) is 8. The minimum absolute atomic E-state index is 0.0585. The van der Waals surface area contributed by atoms with Crippen molar-refractivity contribution in [2.24, 2.45) is 17.4 Å². The normalized spacial score (nSPS) is 20.9. The molecule has 2 aromatic heterocycles. The van der Waals surface area contributed by atoms with Gasteiger partial charge in [-0.3, -0.25) is 25.4 Å². The minimum Gasteiger partial charge on any atom is -0.453 e. The van der Waals surface area contributed by atoms with Crippen molar-refractivity contribution in [2.45, 2.75) is 17.7 Å². The Bertz CT molecular complexity index is 754. The summed E-state index contributed by atoms with van der Waals surface area (Å²) in [4.78, 5) is 20.9. The van der Waals surface area contributed by atoms with Crippen LogP contribution >= 0.6 is 11.6 Å². The molecule has 0 bridgehead atoms. The summed E-state index contributed by atoms with van der Waals surface area (Å²) < 4.78 is 5.78. The van der Waals surface area contributed by atoms with Crippen LogP contribution in [0.15, 0.2) is 43.0 Å². The fourth-order valence-corrected chi connectivity index (χ4v) is 2.95. The van der Waals surface area contributed by atoms with Gasteiger partial charge in [0, 0.05) is 31.5 Å². The molecule has 0 spiro atoms. The van der Waals surface area contributed by atoms with Crippen LogP contribution in [-0.2, 0) is 4.79 Å². The predicted octanol–water partition coefficient (Wildman–Crippen LogP) is 0.193. The van der Waals surface area contributed by atoms with Crippen molar-refractivity contribution in [3.63, 3.8) is 0 Å². The monoisotopic (exact) mass is 391 g/mol. The third kappa shape index (κ3) is 5.12.